The second-order valence-electron chi connectivity index (χ2n) is 8.64. The van der Waals surface area contributed by atoms with Gasteiger partial charge in [-0.05, 0) is 73.5 Å². The Labute approximate surface area is 171 Å². The molecule has 0 heterocycles. The molecule has 4 atom stereocenters. The Morgan fingerprint density at radius 2 is 1.68 bits per heavy atom. The minimum Gasteiger partial charge on any atom is -0.0839 e. The van der Waals surface area contributed by atoms with E-state index in [1.807, 2.05) is 0 Å². The van der Waals surface area contributed by atoms with Crippen molar-refractivity contribution in [2.75, 3.05) is 0 Å². The number of hydrogen-bond acceptors (Lipinski definition) is 0. The summed E-state index contributed by atoms with van der Waals surface area (Å²) in [7, 11) is 0. The van der Waals surface area contributed by atoms with Gasteiger partial charge in [0.2, 0.25) is 0 Å². The molecule has 0 aromatic rings. The number of hydrogen-bond donors (Lipinski definition) is 0. The summed E-state index contributed by atoms with van der Waals surface area (Å²) in [6, 6.07) is 0. The molecule has 0 aromatic carbocycles. The van der Waals surface area contributed by atoms with E-state index < -0.39 is 0 Å². The summed E-state index contributed by atoms with van der Waals surface area (Å²) in [6.45, 7) is 2.35. The summed E-state index contributed by atoms with van der Waals surface area (Å²) in [5.41, 5.74) is 4.60. The molecule has 0 bridgehead atoms. The van der Waals surface area contributed by atoms with Crippen LogP contribution in [0.25, 0.3) is 0 Å². The van der Waals surface area contributed by atoms with Gasteiger partial charge in [-0.1, -0.05) is 85.9 Å². The van der Waals surface area contributed by atoms with Crippen LogP contribution in [0.4, 0.5) is 0 Å². The van der Waals surface area contributed by atoms with Gasteiger partial charge in [-0.3, -0.25) is 0 Å². The van der Waals surface area contributed by atoms with Gasteiger partial charge in [0.1, 0.15) is 0 Å². The highest BCUT2D eigenvalue weighted by molar-refractivity contribution is 5.36. The van der Waals surface area contributed by atoms with E-state index in [0.717, 1.165) is 6.42 Å². The van der Waals surface area contributed by atoms with Crippen molar-refractivity contribution in [2.24, 2.45) is 23.7 Å². The highest BCUT2D eigenvalue weighted by atomic mass is 14.3. The molecule has 4 aliphatic carbocycles. The van der Waals surface area contributed by atoms with Gasteiger partial charge >= 0.3 is 0 Å². The van der Waals surface area contributed by atoms with Crippen LogP contribution < -0.4 is 0 Å². The summed E-state index contributed by atoms with van der Waals surface area (Å²) < 4.78 is 0. The second kappa shape index (κ2) is 9.41. The fourth-order valence-corrected chi connectivity index (χ4v) is 4.96. The third kappa shape index (κ3) is 4.66. The average Bonchev–Trinajstić information content (AvgIpc) is 2.79. The highest BCUT2D eigenvalue weighted by Crippen LogP contribution is 2.35. The van der Waals surface area contributed by atoms with Crippen LogP contribution >= 0.6 is 0 Å². The fourth-order valence-electron chi connectivity index (χ4n) is 4.96. The maximum absolute atomic E-state index is 2.52. The van der Waals surface area contributed by atoms with Gasteiger partial charge in [0.25, 0.3) is 0 Å². The molecule has 28 heavy (non-hydrogen) atoms. The smallest absolute Gasteiger partial charge is 0.00526 e. The lowest BCUT2D eigenvalue weighted by molar-refractivity contribution is 0.454. The normalized spacial score (nSPS) is 30.0. The van der Waals surface area contributed by atoms with Crippen molar-refractivity contribution in [1.29, 1.82) is 0 Å². The zero-order valence-corrected chi connectivity index (χ0v) is 17.3. The maximum Gasteiger partial charge on any atom is 0.00526 e. The van der Waals surface area contributed by atoms with Crippen LogP contribution in [-0.2, 0) is 0 Å². The van der Waals surface area contributed by atoms with Crippen LogP contribution in [0, 0.1) is 23.7 Å². The first-order valence-corrected chi connectivity index (χ1v) is 11.3. The molecular formula is C28H34. The number of rotatable bonds is 6. The van der Waals surface area contributed by atoms with Crippen LogP contribution in [0.15, 0.2) is 95.7 Å². The zero-order valence-electron chi connectivity index (χ0n) is 17.3. The standard InChI is InChI=1S/C28H34/c1-2-23(26-17-19-28(20-18-26)25-11-7-4-8-12-25)21-22-13-15-27(16-14-22)24-9-5-3-6-10-24/h3,5-7,9,11-13,15-19,22-24,28H,2,4,8,10,14,20-21H2,1H3. The summed E-state index contributed by atoms with van der Waals surface area (Å²) in [6.07, 6.45) is 39.3. The quantitative estimate of drug-likeness (QED) is 0.447. The minimum atomic E-state index is 0.591. The maximum atomic E-state index is 2.52. The van der Waals surface area contributed by atoms with Gasteiger partial charge < -0.3 is 0 Å². The van der Waals surface area contributed by atoms with Crippen molar-refractivity contribution in [3.05, 3.63) is 95.7 Å². The van der Waals surface area contributed by atoms with Gasteiger partial charge in [0.15, 0.2) is 0 Å². The molecule has 0 aliphatic heterocycles. The Balaban J connectivity index is 1.32. The van der Waals surface area contributed by atoms with Crippen molar-refractivity contribution in [1.82, 2.24) is 0 Å². The zero-order chi connectivity index (χ0) is 19.2. The van der Waals surface area contributed by atoms with Crippen molar-refractivity contribution in [2.45, 2.75) is 51.9 Å². The molecule has 4 aliphatic rings. The van der Waals surface area contributed by atoms with Crippen LogP contribution in [0.3, 0.4) is 0 Å². The predicted octanol–water partition coefficient (Wildman–Crippen LogP) is 7.82. The molecular weight excluding hydrogens is 336 g/mol. The van der Waals surface area contributed by atoms with Gasteiger partial charge in [-0.25, -0.2) is 0 Å². The molecule has 4 rings (SSSR count). The Kier molecular flexibility index (Phi) is 6.47. The Morgan fingerprint density at radius 3 is 2.32 bits per heavy atom. The fraction of sp³-hybridized carbons (Fsp3) is 0.429. The van der Waals surface area contributed by atoms with Gasteiger partial charge in [-0.15, -0.1) is 0 Å². The third-order valence-corrected chi connectivity index (χ3v) is 6.76. The summed E-state index contributed by atoms with van der Waals surface area (Å²) in [5, 5.41) is 0. The summed E-state index contributed by atoms with van der Waals surface area (Å²) in [5.74, 6) is 2.56. The monoisotopic (exact) mass is 370 g/mol. The first kappa shape index (κ1) is 19.2. The average molecular weight is 371 g/mol. The molecule has 0 spiro atoms. The van der Waals surface area contributed by atoms with Gasteiger partial charge in [0, 0.05) is 11.8 Å². The topological polar surface area (TPSA) is 0 Å². The van der Waals surface area contributed by atoms with Crippen molar-refractivity contribution >= 4 is 0 Å². The molecule has 0 N–H and O–H groups in total. The molecule has 146 valence electrons. The van der Waals surface area contributed by atoms with Crippen LogP contribution in [0.1, 0.15) is 51.9 Å². The molecule has 0 radical (unpaired) electrons. The lowest BCUT2D eigenvalue weighted by atomic mass is 9.78. The van der Waals surface area contributed by atoms with Crippen molar-refractivity contribution in [3.8, 4) is 0 Å². The lowest BCUT2D eigenvalue weighted by Gasteiger charge is -2.27. The van der Waals surface area contributed by atoms with E-state index in [-0.39, 0.29) is 0 Å². The molecule has 0 saturated carbocycles. The third-order valence-electron chi connectivity index (χ3n) is 6.76. The van der Waals surface area contributed by atoms with E-state index in [0.29, 0.717) is 23.7 Å². The molecule has 0 saturated heterocycles. The lowest BCUT2D eigenvalue weighted by Crippen LogP contribution is -2.13. The predicted molar refractivity (Wildman–Crippen MR) is 122 cm³/mol. The van der Waals surface area contributed by atoms with Gasteiger partial charge in [0.05, 0.1) is 0 Å². The SMILES string of the molecule is CCC(CC1C=CC(C2C=CC=CC2)=CC1)C1=CCC(C2=CCCC=C2)C=C1. The Bertz CT molecular complexity index is 790. The van der Waals surface area contributed by atoms with E-state index in [1.165, 1.54) is 49.7 Å². The Morgan fingerprint density at radius 1 is 0.786 bits per heavy atom. The molecule has 0 fully saturated rings. The molecule has 4 unspecified atom stereocenters. The second-order valence-corrected chi connectivity index (χ2v) is 8.64. The van der Waals surface area contributed by atoms with E-state index in [2.05, 4.69) is 85.9 Å². The number of allylic oxidation sites excluding steroid dienone is 16. The van der Waals surface area contributed by atoms with Crippen LogP contribution in [0.2, 0.25) is 0 Å². The molecule has 0 nitrogen and oxygen atoms in total. The van der Waals surface area contributed by atoms with E-state index in [9.17, 15) is 0 Å². The highest BCUT2D eigenvalue weighted by Gasteiger charge is 2.21. The van der Waals surface area contributed by atoms with E-state index in [1.54, 1.807) is 5.57 Å². The van der Waals surface area contributed by atoms with Crippen molar-refractivity contribution < 1.29 is 0 Å². The largest absolute Gasteiger partial charge is 0.0839 e. The summed E-state index contributed by atoms with van der Waals surface area (Å²) in [4.78, 5) is 0. The van der Waals surface area contributed by atoms with E-state index in [4.69, 9.17) is 0 Å². The Hall–Kier alpha value is -2.08. The van der Waals surface area contributed by atoms with Gasteiger partial charge in [-0.2, -0.15) is 0 Å². The molecule has 0 amide bonds. The first-order chi connectivity index (χ1) is 13.8. The minimum absolute atomic E-state index is 0.591. The summed E-state index contributed by atoms with van der Waals surface area (Å²) >= 11 is 0. The molecule has 0 heteroatoms. The molecule has 0 aromatic heterocycles. The van der Waals surface area contributed by atoms with Crippen molar-refractivity contribution in [3.63, 3.8) is 0 Å². The van der Waals surface area contributed by atoms with Crippen LogP contribution in [0.5, 0.6) is 0 Å². The first-order valence-electron chi connectivity index (χ1n) is 11.3. The van der Waals surface area contributed by atoms with Crippen LogP contribution in [-0.4, -0.2) is 0 Å². The van der Waals surface area contributed by atoms with E-state index >= 15 is 0 Å².